The van der Waals surface area contributed by atoms with Gasteiger partial charge in [-0.2, -0.15) is 0 Å². The van der Waals surface area contributed by atoms with Crippen molar-refractivity contribution in [2.24, 2.45) is 5.92 Å². The van der Waals surface area contributed by atoms with Crippen molar-refractivity contribution in [3.63, 3.8) is 0 Å². The molecule has 0 bridgehead atoms. The van der Waals surface area contributed by atoms with Crippen molar-refractivity contribution in [1.29, 1.82) is 0 Å². The number of pyridine rings is 1. The van der Waals surface area contributed by atoms with E-state index in [1.807, 2.05) is 0 Å². The first-order valence-corrected chi connectivity index (χ1v) is 6.78. The minimum atomic E-state index is -0.228. The fraction of sp³-hybridized carbons (Fsp3) is 0.538. The fourth-order valence-corrected chi connectivity index (χ4v) is 2.20. The number of hydrogen-bond acceptors (Lipinski definition) is 4. The van der Waals surface area contributed by atoms with Crippen molar-refractivity contribution >= 4 is 23.3 Å². The number of aromatic nitrogens is 1. The molecular weight excluding hydrogens is 266 g/mol. The zero-order chi connectivity index (χ0) is 13.7. The summed E-state index contributed by atoms with van der Waals surface area (Å²) in [5, 5.41) is 6.14. The Labute approximate surface area is 117 Å². The van der Waals surface area contributed by atoms with Crippen LogP contribution in [0.1, 0.15) is 23.3 Å². The Bertz CT molecular complexity index is 448. The molecule has 104 valence electrons. The maximum Gasteiger partial charge on any atom is 0.271 e. The third-order valence-electron chi connectivity index (χ3n) is 3.21. The molecule has 1 fully saturated rings. The van der Waals surface area contributed by atoms with Crippen molar-refractivity contribution < 1.29 is 9.53 Å². The van der Waals surface area contributed by atoms with Crippen LogP contribution in [0.4, 0.5) is 5.82 Å². The highest BCUT2D eigenvalue weighted by Gasteiger charge is 2.17. The molecule has 2 N–H and O–H groups in total. The summed E-state index contributed by atoms with van der Waals surface area (Å²) < 4.78 is 5.29. The number of carbonyl (C=O) groups is 1. The van der Waals surface area contributed by atoms with E-state index in [1.165, 1.54) is 0 Å². The van der Waals surface area contributed by atoms with Gasteiger partial charge in [0.15, 0.2) is 0 Å². The molecule has 1 aliphatic rings. The summed E-state index contributed by atoms with van der Waals surface area (Å²) in [7, 11) is 1.75. The predicted octanol–water partition coefficient (Wildman–Crippen LogP) is 1.93. The number of carbonyl (C=O) groups excluding carboxylic acids is 1. The number of nitrogens with one attached hydrogen (secondary N) is 2. The van der Waals surface area contributed by atoms with E-state index in [0.717, 1.165) is 26.1 Å². The lowest BCUT2D eigenvalue weighted by Crippen LogP contribution is -2.32. The molecule has 0 aromatic carbocycles. The highest BCUT2D eigenvalue weighted by atomic mass is 35.5. The molecule has 1 aromatic heterocycles. The van der Waals surface area contributed by atoms with Gasteiger partial charge < -0.3 is 15.4 Å². The standard InChI is InChI=1S/C13H18ClN3O2/c1-15-11-3-2-10(14)12(17-11)13(18)16-8-9-4-6-19-7-5-9/h2-3,9H,4-8H2,1H3,(H,15,17)(H,16,18). The summed E-state index contributed by atoms with van der Waals surface area (Å²) in [6.07, 6.45) is 1.97. The maximum atomic E-state index is 12.1. The molecule has 2 rings (SSSR count). The van der Waals surface area contributed by atoms with Crippen molar-refractivity contribution in [3.8, 4) is 0 Å². The minimum absolute atomic E-state index is 0.228. The van der Waals surface area contributed by atoms with Crippen LogP contribution in [0.25, 0.3) is 0 Å². The molecule has 0 saturated carbocycles. The molecule has 0 spiro atoms. The molecule has 0 unspecified atom stereocenters. The quantitative estimate of drug-likeness (QED) is 0.886. The van der Waals surface area contributed by atoms with Gasteiger partial charge in [0.05, 0.1) is 5.02 Å². The van der Waals surface area contributed by atoms with Crippen LogP contribution in [-0.4, -0.2) is 37.7 Å². The average Bonchev–Trinajstić information content (AvgIpc) is 2.46. The zero-order valence-corrected chi connectivity index (χ0v) is 11.7. The molecular formula is C13H18ClN3O2. The molecule has 0 aliphatic carbocycles. The topological polar surface area (TPSA) is 63.2 Å². The Hall–Kier alpha value is -1.33. The molecule has 2 heterocycles. The summed E-state index contributed by atoms with van der Waals surface area (Å²) in [4.78, 5) is 16.2. The number of hydrogen-bond donors (Lipinski definition) is 2. The van der Waals surface area contributed by atoms with Crippen LogP contribution in [0.3, 0.4) is 0 Å². The van der Waals surface area contributed by atoms with Crippen LogP contribution >= 0.6 is 11.6 Å². The second kappa shape index (κ2) is 6.73. The maximum absolute atomic E-state index is 12.1. The van der Waals surface area contributed by atoms with Gasteiger partial charge in [0.1, 0.15) is 11.5 Å². The van der Waals surface area contributed by atoms with E-state index in [1.54, 1.807) is 19.2 Å². The van der Waals surface area contributed by atoms with E-state index in [9.17, 15) is 4.79 Å². The lowest BCUT2D eigenvalue weighted by atomic mass is 10.0. The molecule has 1 amide bonds. The largest absolute Gasteiger partial charge is 0.381 e. The van der Waals surface area contributed by atoms with Crippen LogP contribution in [-0.2, 0) is 4.74 Å². The smallest absolute Gasteiger partial charge is 0.271 e. The Morgan fingerprint density at radius 2 is 2.21 bits per heavy atom. The van der Waals surface area contributed by atoms with Gasteiger partial charge in [-0.25, -0.2) is 4.98 Å². The summed E-state index contributed by atoms with van der Waals surface area (Å²) in [5.74, 6) is 0.873. The van der Waals surface area contributed by atoms with Crippen molar-refractivity contribution in [3.05, 3.63) is 22.8 Å². The second-order valence-electron chi connectivity index (χ2n) is 4.54. The lowest BCUT2D eigenvalue weighted by molar-refractivity contribution is 0.0642. The molecule has 6 heteroatoms. The number of halogens is 1. The van der Waals surface area contributed by atoms with Gasteiger partial charge in [0.2, 0.25) is 0 Å². The molecule has 19 heavy (non-hydrogen) atoms. The van der Waals surface area contributed by atoms with Gasteiger partial charge in [-0.15, -0.1) is 0 Å². The van der Waals surface area contributed by atoms with Gasteiger partial charge in [0.25, 0.3) is 5.91 Å². The minimum Gasteiger partial charge on any atom is -0.381 e. The van der Waals surface area contributed by atoms with Crippen LogP contribution < -0.4 is 10.6 Å². The Morgan fingerprint density at radius 1 is 1.47 bits per heavy atom. The van der Waals surface area contributed by atoms with E-state index in [0.29, 0.717) is 23.3 Å². The second-order valence-corrected chi connectivity index (χ2v) is 4.95. The summed E-state index contributed by atoms with van der Waals surface area (Å²) in [5.41, 5.74) is 0.264. The number of rotatable bonds is 4. The van der Waals surface area contributed by atoms with E-state index in [2.05, 4.69) is 15.6 Å². The van der Waals surface area contributed by atoms with Gasteiger partial charge in [-0.1, -0.05) is 11.6 Å². The van der Waals surface area contributed by atoms with Crippen LogP contribution in [0.2, 0.25) is 5.02 Å². The first-order valence-electron chi connectivity index (χ1n) is 6.41. The summed E-state index contributed by atoms with van der Waals surface area (Å²) >= 11 is 6.00. The first kappa shape index (κ1) is 14.1. The fourth-order valence-electron chi connectivity index (χ4n) is 2.01. The van der Waals surface area contributed by atoms with Crippen LogP contribution in [0.5, 0.6) is 0 Å². The third kappa shape index (κ3) is 3.81. The van der Waals surface area contributed by atoms with Crippen molar-refractivity contribution in [2.45, 2.75) is 12.8 Å². The van der Waals surface area contributed by atoms with Gasteiger partial charge in [-0.3, -0.25) is 4.79 Å². The summed E-state index contributed by atoms with van der Waals surface area (Å²) in [6, 6.07) is 3.40. The van der Waals surface area contributed by atoms with E-state index in [4.69, 9.17) is 16.3 Å². The first-order chi connectivity index (χ1) is 9.20. The third-order valence-corrected chi connectivity index (χ3v) is 3.51. The Morgan fingerprint density at radius 3 is 2.89 bits per heavy atom. The number of nitrogens with zero attached hydrogens (tertiary/aromatic N) is 1. The highest BCUT2D eigenvalue weighted by Crippen LogP contribution is 2.17. The van der Waals surface area contributed by atoms with Gasteiger partial charge in [-0.05, 0) is 30.9 Å². The Kier molecular flexibility index (Phi) is 4.99. The molecule has 0 radical (unpaired) electrons. The van der Waals surface area contributed by atoms with Gasteiger partial charge in [0, 0.05) is 26.8 Å². The number of ether oxygens (including phenoxy) is 1. The molecule has 1 aliphatic heterocycles. The molecule has 1 aromatic rings. The molecule has 1 saturated heterocycles. The SMILES string of the molecule is CNc1ccc(Cl)c(C(=O)NCC2CCOCC2)n1. The van der Waals surface area contributed by atoms with E-state index >= 15 is 0 Å². The normalized spacial score (nSPS) is 16.1. The van der Waals surface area contributed by atoms with Gasteiger partial charge >= 0.3 is 0 Å². The van der Waals surface area contributed by atoms with E-state index in [-0.39, 0.29) is 11.6 Å². The van der Waals surface area contributed by atoms with Crippen LogP contribution in [0, 0.1) is 5.92 Å². The monoisotopic (exact) mass is 283 g/mol. The highest BCUT2D eigenvalue weighted by molar-refractivity contribution is 6.33. The summed E-state index contributed by atoms with van der Waals surface area (Å²) in [6.45, 7) is 2.19. The number of amides is 1. The lowest BCUT2D eigenvalue weighted by Gasteiger charge is -2.22. The van der Waals surface area contributed by atoms with Crippen molar-refractivity contribution in [1.82, 2.24) is 10.3 Å². The predicted molar refractivity (Wildman–Crippen MR) is 74.7 cm³/mol. The molecule has 5 nitrogen and oxygen atoms in total. The Balaban J connectivity index is 1.95. The molecule has 0 atom stereocenters. The van der Waals surface area contributed by atoms with E-state index < -0.39 is 0 Å². The van der Waals surface area contributed by atoms with Crippen LogP contribution in [0.15, 0.2) is 12.1 Å². The zero-order valence-electron chi connectivity index (χ0n) is 10.9. The average molecular weight is 284 g/mol. The van der Waals surface area contributed by atoms with Crippen molar-refractivity contribution in [2.75, 3.05) is 32.1 Å². The number of anilines is 1.